The van der Waals surface area contributed by atoms with Gasteiger partial charge in [-0.15, -0.1) is 0 Å². The van der Waals surface area contributed by atoms with Crippen molar-refractivity contribution < 1.29 is 9.90 Å². The Morgan fingerprint density at radius 2 is 2.12 bits per heavy atom. The minimum atomic E-state index is -0.860. The van der Waals surface area contributed by atoms with Gasteiger partial charge in [-0.2, -0.15) is 0 Å². The number of benzene rings is 1. The Labute approximate surface area is 108 Å². The van der Waals surface area contributed by atoms with Gasteiger partial charge in [0.15, 0.2) is 0 Å². The quantitative estimate of drug-likeness (QED) is 0.893. The number of hydrogen-bond donors (Lipinski definition) is 2. The summed E-state index contributed by atoms with van der Waals surface area (Å²) >= 11 is 9.14. The summed E-state index contributed by atoms with van der Waals surface area (Å²) in [4.78, 5) is 11.0. The summed E-state index contributed by atoms with van der Waals surface area (Å²) in [7, 11) is 0. The van der Waals surface area contributed by atoms with E-state index in [1.807, 2.05) is 13.8 Å². The molecular weight excluding hydrogens is 293 g/mol. The van der Waals surface area contributed by atoms with Crippen molar-refractivity contribution in [3.05, 3.63) is 27.7 Å². The first kappa shape index (κ1) is 13.3. The predicted molar refractivity (Wildman–Crippen MR) is 69.0 cm³/mol. The van der Waals surface area contributed by atoms with Crippen LogP contribution in [0.2, 0.25) is 5.02 Å². The van der Waals surface area contributed by atoms with Crippen molar-refractivity contribution in [2.75, 3.05) is 5.32 Å². The monoisotopic (exact) mass is 305 g/mol. The Morgan fingerprint density at radius 1 is 1.50 bits per heavy atom. The molecule has 0 aromatic heterocycles. The van der Waals surface area contributed by atoms with Crippen LogP contribution in [-0.2, 0) is 4.79 Å². The molecule has 2 N–H and O–H groups in total. The summed E-state index contributed by atoms with van der Waals surface area (Å²) < 4.78 is 0.743. The molecule has 0 saturated carbocycles. The summed E-state index contributed by atoms with van der Waals surface area (Å²) in [6.07, 6.45) is 0. The topological polar surface area (TPSA) is 49.3 Å². The minimum absolute atomic E-state index is 0.00644. The number of aliphatic carboxylic acids is 1. The molecule has 1 aromatic carbocycles. The van der Waals surface area contributed by atoms with Gasteiger partial charge in [0.25, 0.3) is 0 Å². The zero-order valence-corrected chi connectivity index (χ0v) is 11.3. The van der Waals surface area contributed by atoms with Crippen LogP contribution < -0.4 is 5.32 Å². The number of rotatable bonds is 4. The van der Waals surface area contributed by atoms with Crippen molar-refractivity contribution in [3.8, 4) is 0 Å². The highest BCUT2D eigenvalue weighted by atomic mass is 79.9. The molecule has 0 aliphatic rings. The molecule has 1 aromatic rings. The highest BCUT2D eigenvalue weighted by Crippen LogP contribution is 2.26. The third-order valence-corrected chi connectivity index (χ3v) is 3.39. The van der Waals surface area contributed by atoms with Crippen LogP contribution in [0.1, 0.15) is 13.8 Å². The molecule has 0 aliphatic heterocycles. The van der Waals surface area contributed by atoms with Gasteiger partial charge in [-0.3, -0.25) is 0 Å². The molecule has 0 radical (unpaired) electrons. The van der Waals surface area contributed by atoms with Gasteiger partial charge in [0.2, 0.25) is 0 Å². The van der Waals surface area contributed by atoms with Crippen molar-refractivity contribution in [1.82, 2.24) is 0 Å². The molecule has 0 saturated heterocycles. The maximum absolute atomic E-state index is 11.0. The molecule has 88 valence electrons. The molecule has 3 nitrogen and oxygen atoms in total. The van der Waals surface area contributed by atoms with Crippen LogP contribution in [0.3, 0.4) is 0 Å². The highest BCUT2D eigenvalue weighted by molar-refractivity contribution is 9.10. The fourth-order valence-corrected chi connectivity index (χ4v) is 1.78. The Hall–Kier alpha value is -0.740. The molecule has 0 unspecified atom stereocenters. The lowest BCUT2D eigenvalue weighted by molar-refractivity contribution is -0.138. The van der Waals surface area contributed by atoms with E-state index in [0.717, 1.165) is 10.2 Å². The maximum Gasteiger partial charge on any atom is 0.326 e. The number of anilines is 1. The standard InChI is InChI=1S/C11H13BrClNO2/c1-6(2)10(11(15)16)14-7-3-4-9(13)8(12)5-7/h3-6,10,14H,1-2H3,(H,15,16)/t10-/m0/s1. The van der Waals surface area contributed by atoms with E-state index < -0.39 is 12.0 Å². The molecule has 0 aliphatic carbocycles. The lowest BCUT2D eigenvalue weighted by Gasteiger charge is -2.19. The van der Waals surface area contributed by atoms with Crippen molar-refractivity contribution >= 4 is 39.2 Å². The number of halogens is 2. The average Bonchev–Trinajstić information content (AvgIpc) is 2.18. The first-order valence-electron chi connectivity index (χ1n) is 4.86. The van der Waals surface area contributed by atoms with E-state index in [4.69, 9.17) is 16.7 Å². The first-order valence-corrected chi connectivity index (χ1v) is 6.03. The van der Waals surface area contributed by atoms with Gasteiger partial charge in [0.1, 0.15) is 6.04 Å². The second-order valence-electron chi connectivity index (χ2n) is 3.83. The third-order valence-electron chi connectivity index (χ3n) is 2.17. The Balaban J connectivity index is 2.86. The van der Waals surface area contributed by atoms with Crippen LogP contribution in [0.5, 0.6) is 0 Å². The van der Waals surface area contributed by atoms with Crippen molar-refractivity contribution in [1.29, 1.82) is 0 Å². The lowest BCUT2D eigenvalue weighted by atomic mass is 10.0. The molecule has 0 spiro atoms. The smallest absolute Gasteiger partial charge is 0.326 e. The van der Waals surface area contributed by atoms with Gasteiger partial charge < -0.3 is 10.4 Å². The molecular formula is C11H13BrClNO2. The first-order chi connectivity index (χ1) is 7.41. The number of carboxylic acids is 1. The van der Waals surface area contributed by atoms with E-state index in [9.17, 15) is 4.79 Å². The van der Waals surface area contributed by atoms with E-state index in [-0.39, 0.29) is 5.92 Å². The number of nitrogens with one attached hydrogen (secondary N) is 1. The van der Waals surface area contributed by atoms with Gasteiger partial charge in [-0.05, 0) is 40.0 Å². The second-order valence-corrected chi connectivity index (χ2v) is 5.09. The van der Waals surface area contributed by atoms with Gasteiger partial charge >= 0.3 is 5.97 Å². The summed E-state index contributed by atoms with van der Waals surface area (Å²) in [6, 6.07) is 4.63. The highest BCUT2D eigenvalue weighted by Gasteiger charge is 2.20. The van der Waals surface area contributed by atoms with Crippen LogP contribution in [0, 0.1) is 5.92 Å². The lowest BCUT2D eigenvalue weighted by Crippen LogP contribution is -2.34. The zero-order chi connectivity index (χ0) is 12.3. The van der Waals surface area contributed by atoms with E-state index in [1.165, 1.54) is 0 Å². The third kappa shape index (κ3) is 3.39. The van der Waals surface area contributed by atoms with Crippen LogP contribution in [-0.4, -0.2) is 17.1 Å². The SMILES string of the molecule is CC(C)[C@H](Nc1ccc(Cl)c(Br)c1)C(=O)O. The fourth-order valence-electron chi connectivity index (χ4n) is 1.28. The molecule has 0 heterocycles. The molecule has 1 atom stereocenters. The summed E-state index contributed by atoms with van der Waals surface area (Å²) in [5.41, 5.74) is 0.734. The Bertz CT molecular complexity index is 396. The van der Waals surface area contributed by atoms with Gasteiger partial charge in [-0.25, -0.2) is 4.79 Å². The Kier molecular flexibility index (Phi) is 4.62. The van der Waals surface area contributed by atoms with Crippen LogP contribution in [0.4, 0.5) is 5.69 Å². The average molecular weight is 307 g/mol. The van der Waals surface area contributed by atoms with Gasteiger partial charge in [0, 0.05) is 10.2 Å². The minimum Gasteiger partial charge on any atom is -0.480 e. The largest absolute Gasteiger partial charge is 0.480 e. The molecule has 5 heteroatoms. The van der Waals surface area contributed by atoms with Gasteiger partial charge in [-0.1, -0.05) is 25.4 Å². The summed E-state index contributed by atoms with van der Waals surface area (Å²) in [5, 5.41) is 12.6. The van der Waals surface area contributed by atoms with Crippen LogP contribution in [0.15, 0.2) is 22.7 Å². The molecule has 1 rings (SSSR count). The Morgan fingerprint density at radius 3 is 2.56 bits per heavy atom. The summed E-state index contributed by atoms with van der Waals surface area (Å²) in [6.45, 7) is 3.72. The van der Waals surface area contributed by atoms with E-state index >= 15 is 0 Å². The summed E-state index contributed by atoms with van der Waals surface area (Å²) in [5.74, 6) is -0.854. The van der Waals surface area contributed by atoms with E-state index in [2.05, 4.69) is 21.2 Å². The molecule has 0 bridgehead atoms. The van der Waals surface area contributed by atoms with E-state index in [1.54, 1.807) is 18.2 Å². The second kappa shape index (κ2) is 5.55. The van der Waals surface area contributed by atoms with Crippen molar-refractivity contribution in [3.63, 3.8) is 0 Å². The zero-order valence-electron chi connectivity index (χ0n) is 9.00. The van der Waals surface area contributed by atoms with E-state index in [0.29, 0.717) is 5.02 Å². The number of carboxylic acid groups (broad SMARTS) is 1. The maximum atomic E-state index is 11.0. The molecule has 16 heavy (non-hydrogen) atoms. The van der Waals surface area contributed by atoms with Crippen LogP contribution in [0.25, 0.3) is 0 Å². The van der Waals surface area contributed by atoms with Crippen molar-refractivity contribution in [2.45, 2.75) is 19.9 Å². The van der Waals surface area contributed by atoms with Crippen molar-refractivity contribution in [2.24, 2.45) is 5.92 Å². The predicted octanol–water partition coefficient (Wildman–Crippen LogP) is 3.62. The number of hydrogen-bond acceptors (Lipinski definition) is 2. The normalized spacial score (nSPS) is 12.6. The van der Waals surface area contributed by atoms with Crippen LogP contribution >= 0.6 is 27.5 Å². The molecule has 0 fully saturated rings. The van der Waals surface area contributed by atoms with Gasteiger partial charge in [0.05, 0.1) is 5.02 Å². The molecule has 0 amide bonds. The fraction of sp³-hybridized carbons (Fsp3) is 0.364. The number of carbonyl (C=O) groups is 1.